The minimum atomic E-state index is -4.22. The summed E-state index contributed by atoms with van der Waals surface area (Å²) >= 11 is 14.5. The molecule has 2 heterocycles. The van der Waals surface area contributed by atoms with Gasteiger partial charge in [0, 0.05) is 6.42 Å². The van der Waals surface area contributed by atoms with E-state index in [9.17, 15) is 22.4 Å². The second-order valence-electron chi connectivity index (χ2n) is 4.55. The monoisotopic (exact) mass is 398 g/mol. The molecule has 0 radical (unpaired) electrons. The number of rotatable bonds is 3. The van der Waals surface area contributed by atoms with Gasteiger partial charge in [-0.1, -0.05) is 0 Å². The van der Waals surface area contributed by atoms with E-state index >= 15 is 0 Å². The molecule has 0 aromatic heterocycles. The highest BCUT2D eigenvalue weighted by molar-refractivity contribution is 6.35. The van der Waals surface area contributed by atoms with Crippen LogP contribution in [0.25, 0.3) is 0 Å². The van der Waals surface area contributed by atoms with E-state index in [1.54, 1.807) is 0 Å². The molecule has 130 valence electrons. The van der Waals surface area contributed by atoms with Gasteiger partial charge >= 0.3 is 16.5 Å². The number of nitrogens with zero attached hydrogens (tertiary/aromatic N) is 1. The van der Waals surface area contributed by atoms with E-state index in [2.05, 4.69) is 16.6 Å². The lowest BCUT2D eigenvalue weighted by Crippen LogP contribution is -3.14. The fourth-order valence-corrected chi connectivity index (χ4v) is 2.23. The summed E-state index contributed by atoms with van der Waals surface area (Å²) in [6.07, 6.45) is 2.53. The zero-order valence-electron chi connectivity index (χ0n) is 11.1. The minimum absolute atomic E-state index is 0.0969. The van der Waals surface area contributed by atoms with Gasteiger partial charge in [0.2, 0.25) is 11.5 Å². The van der Waals surface area contributed by atoms with Crippen LogP contribution < -0.4 is 10.0 Å². The average Bonchev–Trinajstić information content (AvgIpc) is 2.79. The summed E-state index contributed by atoms with van der Waals surface area (Å²) in [4.78, 5) is 24.8. The van der Waals surface area contributed by atoms with Crippen LogP contribution in [0, 0.1) is 0 Å². The largest absolute Gasteiger partial charge is 0.543 e. The molecule has 1 fully saturated rings. The van der Waals surface area contributed by atoms with Crippen LogP contribution in [0.5, 0.6) is 0 Å². The summed E-state index contributed by atoms with van der Waals surface area (Å²) in [6.45, 7) is 0.394. The quantitative estimate of drug-likeness (QED) is 0.555. The second kappa shape index (κ2) is 7.33. The number of amidine groups is 1. The summed E-state index contributed by atoms with van der Waals surface area (Å²) < 4.78 is 47.3. The van der Waals surface area contributed by atoms with Crippen LogP contribution in [-0.4, -0.2) is 40.3 Å². The molecule has 1 N–H and O–H groups in total. The van der Waals surface area contributed by atoms with Crippen molar-refractivity contribution < 1.29 is 37.2 Å². The molecule has 0 bridgehead atoms. The van der Waals surface area contributed by atoms with E-state index in [1.165, 1.54) is 0 Å². The van der Waals surface area contributed by atoms with E-state index in [4.69, 9.17) is 33.1 Å². The Morgan fingerprint density at radius 2 is 1.78 bits per heavy atom. The number of carboxylic acids is 1. The number of carbonyl (C=O) groups is 2. The van der Waals surface area contributed by atoms with Crippen molar-refractivity contribution in [1.82, 2.24) is 0 Å². The normalized spacial score (nSPS) is 24.0. The topological polar surface area (TPSA) is 74.0 Å². The molecule has 0 spiro atoms. The molecule has 0 saturated carbocycles. The van der Waals surface area contributed by atoms with Gasteiger partial charge in [-0.15, -0.1) is 11.6 Å². The van der Waals surface area contributed by atoms with Gasteiger partial charge < -0.3 is 9.90 Å². The number of Topliss-reactive ketones (excluding diaryl/α,β-unsaturated/α-hetero) is 1. The summed E-state index contributed by atoms with van der Waals surface area (Å²) in [5.41, 5.74) is -0.0969. The number of alkyl halides is 7. The molecule has 2 aliphatic rings. The number of ketones is 1. The van der Waals surface area contributed by atoms with Crippen molar-refractivity contribution >= 4 is 52.4 Å². The Morgan fingerprint density at radius 1 is 1.26 bits per heavy atom. The summed E-state index contributed by atoms with van der Waals surface area (Å²) in [6, 6.07) is 0. The first-order valence-corrected chi connectivity index (χ1v) is 7.20. The Balaban J connectivity index is 0.000000322. The highest BCUT2D eigenvalue weighted by Crippen LogP contribution is 2.23. The molecular formula is C11H9Cl3F4N2O3. The standard InChI is InChI=1S/C9H8Cl2F2N2O.C2HClF2O2/c10-5-1-2-7-14-3-6(15(7)4-5)8(16)9(11,12)13;3-2(4,5)1(6)7/h3,5H,1-2,4H2;(H,6,7). The fraction of sp³-hybridized carbons (Fsp3) is 0.545. The Labute approximate surface area is 142 Å². The molecule has 0 amide bonds. The molecule has 2 aliphatic heterocycles. The fourth-order valence-electron chi connectivity index (χ4n) is 1.86. The minimum Gasteiger partial charge on any atom is -0.543 e. The molecule has 1 saturated heterocycles. The number of quaternary nitrogens is 1. The Kier molecular flexibility index (Phi) is 6.42. The second-order valence-corrected chi connectivity index (χ2v) is 6.12. The lowest BCUT2D eigenvalue weighted by atomic mass is 10.1. The van der Waals surface area contributed by atoms with Gasteiger partial charge in [0.15, 0.2) is 0 Å². The molecule has 0 aromatic carbocycles. The third kappa shape index (κ3) is 5.59. The molecule has 0 aromatic rings. The Bertz CT molecular complexity index is 558. The van der Waals surface area contributed by atoms with E-state index in [0.717, 1.165) is 12.6 Å². The summed E-state index contributed by atoms with van der Waals surface area (Å²) in [5.74, 6) is -3.29. The van der Waals surface area contributed by atoms with E-state index in [1.807, 2.05) is 0 Å². The SMILES string of the molecule is O=C(C1=CN=C2CCC(Cl)C[NH+]12)C(F)(F)Cl.O=C([O-])C(F)(F)Cl. The highest BCUT2D eigenvalue weighted by Gasteiger charge is 2.47. The van der Waals surface area contributed by atoms with E-state index in [0.29, 0.717) is 23.7 Å². The molecule has 5 nitrogen and oxygen atoms in total. The lowest BCUT2D eigenvalue weighted by Gasteiger charge is -2.25. The van der Waals surface area contributed by atoms with Gasteiger partial charge in [-0.05, 0) is 29.6 Å². The number of aliphatic imine (C=N–C) groups is 1. The molecule has 2 atom stereocenters. The number of nitrogens with one attached hydrogen (secondary N) is 1. The Morgan fingerprint density at radius 3 is 2.22 bits per heavy atom. The Hall–Kier alpha value is -0.900. The molecular weight excluding hydrogens is 390 g/mol. The predicted octanol–water partition coefficient (Wildman–Crippen LogP) is 0.495. The zero-order chi connectivity index (χ0) is 18.0. The van der Waals surface area contributed by atoms with Crippen molar-refractivity contribution in [3.05, 3.63) is 11.9 Å². The molecule has 12 heteroatoms. The van der Waals surface area contributed by atoms with Gasteiger partial charge in [-0.25, -0.2) is 4.99 Å². The summed E-state index contributed by atoms with van der Waals surface area (Å²) in [7, 11) is 0. The lowest BCUT2D eigenvalue weighted by molar-refractivity contribution is -0.759. The number of aliphatic carboxylic acids is 1. The first-order chi connectivity index (χ1) is 10.3. The van der Waals surface area contributed by atoms with Crippen LogP contribution in [0.3, 0.4) is 0 Å². The molecule has 0 aliphatic carbocycles. The van der Waals surface area contributed by atoms with Gasteiger partial charge in [0.05, 0.1) is 11.6 Å². The molecule has 2 rings (SSSR count). The van der Waals surface area contributed by atoms with Gasteiger partial charge in [0.1, 0.15) is 12.5 Å². The van der Waals surface area contributed by atoms with Gasteiger partial charge in [-0.2, -0.15) is 17.6 Å². The number of carboxylic acid groups (broad SMARTS) is 1. The molecule has 2 unspecified atom stereocenters. The predicted molar refractivity (Wildman–Crippen MR) is 71.8 cm³/mol. The van der Waals surface area contributed by atoms with Crippen molar-refractivity contribution in [2.75, 3.05) is 6.54 Å². The number of halogens is 7. The van der Waals surface area contributed by atoms with E-state index < -0.39 is 22.5 Å². The van der Waals surface area contributed by atoms with Crippen molar-refractivity contribution in [3.63, 3.8) is 0 Å². The maximum Gasteiger partial charge on any atom is 0.390 e. The zero-order valence-corrected chi connectivity index (χ0v) is 13.4. The van der Waals surface area contributed by atoms with Crippen molar-refractivity contribution in [2.45, 2.75) is 29.0 Å². The maximum atomic E-state index is 12.7. The van der Waals surface area contributed by atoms with Crippen LogP contribution in [0.15, 0.2) is 16.9 Å². The smallest absolute Gasteiger partial charge is 0.390 e. The van der Waals surface area contributed by atoms with Crippen LogP contribution >= 0.6 is 34.8 Å². The third-order valence-corrected chi connectivity index (χ3v) is 3.57. The first kappa shape index (κ1) is 20.1. The first-order valence-electron chi connectivity index (χ1n) is 6.01. The number of hydrogen-bond donors (Lipinski definition) is 1. The number of fused-ring (bicyclic) bond motifs is 1. The van der Waals surface area contributed by atoms with Crippen molar-refractivity contribution in [2.24, 2.45) is 4.99 Å². The third-order valence-electron chi connectivity index (χ3n) is 2.88. The maximum absolute atomic E-state index is 12.7. The number of piperidine rings is 1. The highest BCUT2D eigenvalue weighted by atomic mass is 35.5. The number of allylic oxidation sites excluding steroid dienone is 1. The van der Waals surface area contributed by atoms with Gasteiger partial charge in [-0.3, -0.25) is 9.69 Å². The average molecular weight is 400 g/mol. The van der Waals surface area contributed by atoms with E-state index in [-0.39, 0.29) is 11.1 Å². The summed E-state index contributed by atoms with van der Waals surface area (Å²) in [5, 5.41) is 0.801. The van der Waals surface area contributed by atoms with Crippen LogP contribution in [0.4, 0.5) is 17.6 Å². The van der Waals surface area contributed by atoms with Crippen LogP contribution in [0.2, 0.25) is 0 Å². The van der Waals surface area contributed by atoms with Crippen LogP contribution in [0.1, 0.15) is 12.8 Å². The van der Waals surface area contributed by atoms with Crippen LogP contribution in [-0.2, 0) is 9.59 Å². The molecule has 23 heavy (non-hydrogen) atoms. The number of hydrogen-bond acceptors (Lipinski definition) is 4. The number of carbonyl (C=O) groups excluding carboxylic acids is 2. The van der Waals surface area contributed by atoms with Gasteiger partial charge in [0.25, 0.3) is 0 Å². The van der Waals surface area contributed by atoms with Crippen molar-refractivity contribution in [1.29, 1.82) is 0 Å². The van der Waals surface area contributed by atoms with Crippen molar-refractivity contribution in [3.8, 4) is 0 Å².